The van der Waals surface area contributed by atoms with Crippen molar-refractivity contribution in [2.24, 2.45) is 0 Å². The van der Waals surface area contributed by atoms with Crippen molar-refractivity contribution in [2.75, 3.05) is 11.1 Å². The summed E-state index contributed by atoms with van der Waals surface area (Å²) >= 11 is 6.17. The van der Waals surface area contributed by atoms with Crippen LogP contribution in [-0.2, 0) is 0 Å². The topological polar surface area (TPSA) is 38.0 Å². The minimum atomic E-state index is 0.700. The van der Waals surface area contributed by atoms with Crippen LogP contribution in [0.25, 0.3) is 0 Å². The van der Waals surface area contributed by atoms with Crippen molar-refractivity contribution >= 4 is 28.7 Å². The zero-order chi connectivity index (χ0) is 12.4. The summed E-state index contributed by atoms with van der Waals surface area (Å²) in [6.45, 7) is 4.05. The molecule has 0 fully saturated rings. The van der Waals surface area contributed by atoms with Gasteiger partial charge in [-0.15, -0.1) is 0 Å². The number of nitrogens with two attached hydrogens (primary N) is 1. The summed E-state index contributed by atoms with van der Waals surface area (Å²) in [5, 5.41) is 3.99. The van der Waals surface area contributed by atoms with E-state index in [4.69, 9.17) is 17.3 Å². The Kier molecular flexibility index (Phi) is 3.25. The Labute approximate surface area is 106 Å². The molecule has 88 valence electrons. The second-order valence-corrected chi connectivity index (χ2v) is 4.55. The fourth-order valence-corrected chi connectivity index (χ4v) is 1.97. The van der Waals surface area contributed by atoms with Gasteiger partial charge >= 0.3 is 0 Å². The van der Waals surface area contributed by atoms with Crippen LogP contribution in [0.1, 0.15) is 11.1 Å². The van der Waals surface area contributed by atoms with Crippen LogP contribution in [0, 0.1) is 13.8 Å². The fraction of sp³-hybridized carbons (Fsp3) is 0.143. The normalized spacial score (nSPS) is 10.3. The van der Waals surface area contributed by atoms with Crippen LogP contribution in [0.5, 0.6) is 0 Å². The highest BCUT2D eigenvalue weighted by molar-refractivity contribution is 6.33. The second kappa shape index (κ2) is 4.68. The van der Waals surface area contributed by atoms with Gasteiger partial charge in [0, 0.05) is 0 Å². The third-order valence-corrected chi connectivity index (χ3v) is 3.01. The molecule has 0 saturated carbocycles. The molecular formula is C14H15ClN2. The molecule has 2 nitrogen and oxygen atoms in total. The Bertz CT molecular complexity index is 530. The molecule has 0 unspecified atom stereocenters. The zero-order valence-electron chi connectivity index (χ0n) is 9.92. The molecule has 0 aliphatic heterocycles. The van der Waals surface area contributed by atoms with Gasteiger partial charge in [-0.05, 0) is 43.2 Å². The van der Waals surface area contributed by atoms with E-state index in [2.05, 4.69) is 5.32 Å². The van der Waals surface area contributed by atoms with Gasteiger partial charge in [-0.25, -0.2) is 0 Å². The van der Waals surface area contributed by atoms with Crippen LogP contribution >= 0.6 is 11.6 Å². The quantitative estimate of drug-likeness (QED) is 0.776. The number of nitrogen functional groups attached to an aromatic ring is 1. The summed E-state index contributed by atoms with van der Waals surface area (Å²) in [5.74, 6) is 0. The van der Waals surface area contributed by atoms with Crippen LogP contribution in [-0.4, -0.2) is 0 Å². The molecule has 0 aliphatic rings. The molecule has 0 aliphatic carbocycles. The van der Waals surface area contributed by atoms with E-state index in [0.29, 0.717) is 5.02 Å². The number of para-hydroxylation sites is 1. The van der Waals surface area contributed by atoms with Crippen molar-refractivity contribution in [3.8, 4) is 0 Å². The maximum Gasteiger partial charge on any atom is 0.0643 e. The number of hydrogen-bond donors (Lipinski definition) is 2. The first kappa shape index (κ1) is 11.8. The van der Waals surface area contributed by atoms with Gasteiger partial charge in [-0.2, -0.15) is 0 Å². The predicted octanol–water partition coefficient (Wildman–Crippen LogP) is 4.28. The lowest BCUT2D eigenvalue weighted by molar-refractivity contribution is 1.41. The number of benzene rings is 2. The van der Waals surface area contributed by atoms with Gasteiger partial charge in [0.1, 0.15) is 0 Å². The van der Waals surface area contributed by atoms with Gasteiger partial charge in [0.25, 0.3) is 0 Å². The minimum absolute atomic E-state index is 0.700. The molecule has 0 aromatic heterocycles. The number of halogens is 1. The average molecular weight is 247 g/mol. The molecule has 0 heterocycles. The first-order valence-electron chi connectivity index (χ1n) is 5.46. The van der Waals surface area contributed by atoms with Gasteiger partial charge in [0.2, 0.25) is 0 Å². The standard InChI is InChI=1S/C14H15ClN2/c1-9-6-7-12(16)13(8-9)17-14-10(2)4-3-5-11(14)15/h3-8,17H,16H2,1-2H3. The molecule has 3 N–H and O–H groups in total. The van der Waals surface area contributed by atoms with E-state index in [-0.39, 0.29) is 0 Å². The molecule has 17 heavy (non-hydrogen) atoms. The van der Waals surface area contributed by atoms with E-state index in [0.717, 1.165) is 28.2 Å². The Morgan fingerprint density at radius 1 is 1.12 bits per heavy atom. The van der Waals surface area contributed by atoms with Crippen molar-refractivity contribution < 1.29 is 0 Å². The minimum Gasteiger partial charge on any atom is -0.397 e. The molecule has 2 aromatic rings. The van der Waals surface area contributed by atoms with Crippen molar-refractivity contribution in [3.63, 3.8) is 0 Å². The smallest absolute Gasteiger partial charge is 0.0643 e. The first-order chi connectivity index (χ1) is 8.08. The maximum absolute atomic E-state index is 6.17. The Morgan fingerprint density at radius 2 is 1.88 bits per heavy atom. The number of anilines is 3. The summed E-state index contributed by atoms with van der Waals surface area (Å²) < 4.78 is 0. The highest BCUT2D eigenvalue weighted by Crippen LogP contribution is 2.31. The molecule has 0 atom stereocenters. The van der Waals surface area contributed by atoms with Crippen molar-refractivity contribution in [2.45, 2.75) is 13.8 Å². The summed E-state index contributed by atoms with van der Waals surface area (Å²) in [7, 11) is 0. The zero-order valence-corrected chi connectivity index (χ0v) is 10.7. The summed E-state index contributed by atoms with van der Waals surface area (Å²) in [6.07, 6.45) is 0. The number of nitrogens with one attached hydrogen (secondary N) is 1. The SMILES string of the molecule is Cc1ccc(N)c(Nc2c(C)cccc2Cl)c1. The monoisotopic (exact) mass is 246 g/mol. The van der Waals surface area contributed by atoms with Crippen LogP contribution in [0.4, 0.5) is 17.1 Å². The van der Waals surface area contributed by atoms with Crippen LogP contribution in [0.15, 0.2) is 36.4 Å². The van der Waals surface area contributed by atoms with Crippen molar-refractivity contribution in [1.82, 2.24) is 0 Å². The number of rotatable bonds is 2. The van der Waals surface area contributed by atoms with E-state index in [9.17, 15) is 0 Å². The Hall–Kier alpha value is -1.67. The predicted molar refractivity (Wildman–Crippen MR) is 75.1 cm³/mol. The lowest BCUT2D eigenvalue weighted by Gasteiger charge is -2.13. The molecule has 0 amide bonds. The molecular weight excluding hydrogens is 232 g/mol. The highest BCUT2D eigenvalue weighted by Gasteiger charge is 2.06. The van der Waals surface area contributed by atoms with Crippen molar-refractivity contribution in [1.29, 1.82) is 0 Å². The van der Waals surface area contributed by atoms with Crippen LogP contribution in [0.2, 0.25) is 5.02 Å². The molecule has 2 aromatic carbocycles. The lowest BCUT2D eigenvalue weighted by atomic mass is 10.1. The molecule has 0 spiro atoms. The van der Waals surface area contributed by atoms with Gasteiger partial charge in [-0.1, -0.05) is 29.8 Å². The number of aryl methyl sites for hydroxylation is 2. The fourth-order valence-electron chi connectivity index (χ4n) is 1.70. The molecule has 3 heteroatoms. The molecule has 0 bridgehead atoms. The molecule has 2 rings (SSSR count). The Balaban J connectivity index is 2.41. The lowest BCUT2D eigenvalue weighted by Crippen LogP contribution is -1.98. The van der Waals surface area contributed by atoms with Gasteiger partial charge in [-0.3, -0.25) is 0 Å². The van der Waals surface area contributed by atoms with Crippen LogP contribution in [0.3, 0.4) is 0 Å². The summed E-state index contributed by atoms with van der Waals surface area (Å²) in [5.41, 5.74) is 10.7. The second-order valence-electron chi connectivity index (χ2n) is 4.15. The number of hydrogen-bond acceptors (Lipinski definition) is 2. The first-order valence-corrected chi connectivity index (χ1v) is 5.84. The maximum atomic E-state index is 6.17. The van der Waals surface area contributed by atoms with E-state index < -0.39 is 0 Å². The third-order valence-electron chi connectivity index (χ3n) is 2.69. The highest BCUT2D eigenvalue weighted by atomic mass is 35.5. The van der Waals surface area contributed by atoms with Crippen LogP contribution < -0.4 is 11.1 Å². The van der Waals surface area contributed by atoms with E-state index >= 15 is 0 Å². The average Bonchev–Trinajstić information content (AvgIpc) is 2.28. The summed E-state index contributed by atoms with van der Waals surface area (Å²) in [4.78, 5) is 0. The molecule has 0 radical (unpaired) electrons. The van der Waals surface area contributed by atoms with Gasteiger partial charge < -0.3 is 11.1 Å². The van der Waals surface area contributed by atoms with Gasteiger partial charge in [0.15, 0.2) is 0 Å². The molecule has 0 saturated heterocycles. The van der Waals surface area contributed by atoms with Crippen molar-refractivity contribution in [3.05, 3.63) is 52.5 Å². The largest absolute Gasteiger partial charge is 0.397 e. The Morgan fingerprint density at radius 3 is 2.59 bits per heavy atom. The van der Waals surface area contributed by atoms with Gasteiger partial charge in [0.05, 0.1) is 22.1 Å². The van der Waals surface area contributed by atoms with E-state index in [1.165, 1.54) is 0 Å². The van der Waals surface area contributed by atoms with E-state index in [1.54, 1.807) is 0 Å². The summed E-state index contributed by atoms with van der Waals surface area (Å²) in [6, 6.07) is 11.7. The van der Waals surface area contributed by atoms with E-state index in [1.807, 2.05) is 50.2 Å². The third kappa shape index (κ3) is 2.53.